The third-order valence-electron chi connectivity index (χ3n) is 2.77. The zero-order valence-corrected chi connectivity index (χ0v) is 12.1. The number of aromatic nitrogens is 8. The Balaban J connectivity index is 1.53. The molecule has 0 saturated carbocycles. The Labute approximate surface area is 126 Å². The number of rotatable bonds is 4. The van der Waals surface area contributed by atoms with E-state index in [1.54, 1.807) is 36.2 Å². The minimum absolute atomic E-state index is 0.676. The lowest BCUT2D eigenvalue weighted by Gasteiger charge is -2.02. The number of fused-ring (bicyclic) bond motifs is 2. The zero-order chi connectivity index (χ0) is 14.1. The summed E-state index contributed by atoms with van der Waals surface area (Å²) in [7, 11) is 0. The fraction of sp³-hybridized carbons (Fsp3) is 0.0909. The van der Waals surface area contributed by atoms with Gasteiger partial charge in [-0.1, -0.05) is 23.5 Å². The molecule has 0 aliphatic carbocycles. The average molecular weight is 316 g/mol. The third kappa shape index (κ3) is 2.32. The van der Waals surface area contributed by atoms with E-state index in [9.17, 15) is 0 Å². The van der Waals surface area contributed by atoms with E-state index in [1.807, 2.05) is 0 Å². The highest BCUT2D eigenvalue weighted by Gasteiger charge is 2.09. The van der Waals surface area contributed by atoms with Crippen molar-refractivity contribution in [1.29, 1.82) is 0 Å². The summed E-state index contributed by atoms with van der Waals surface area (Å²) in [5.74, 6) is 0. The highest BCUT2D eigenvalue weighted by Crippen LogP contribution is 2.30. The van der Waals surface area contributed by atoms with Crippen LogP contribution in [0.2, 0.25) is 0 Å². The zero-order valence-electron chi connectivity index (χ0n) is 10.5. The quantitative estimate of drug-likeness (QED) is 0.333. The molecule has 4 heterocycles. The van der Waals surface area contributed by atoms with Gasteiger partial charge >= 0.3 is 0 Å². The van der Waals surface area contributed by atoms with Crippen molar-refractivity contribution in [2.45, 2.75) is 10.1 Å². The van der Waals surface area contributed by atoms with Crippen LogP contribution in [-0.4, -0.2) is 45.0 Å². The van der Waals surface area contributed by atoms with E-state index < -0.39 is 0 Å². The normalized spacial score (nSPS) is 11.4. The molecule has 0 aliphatic rings. The maximum atomic E-state index is 4.28. The summed E-state index contributed by atoms with van der Waals surface area (Å²) >= 11 is 3.21. The summed E-state index contributed by atoms with van der Waals surface area (Å²) < 4.78 is 0. The number of imidazole rings is 2. The SMILES string of the molecule is c1nc(SCSc2ncnc3nc[nH]c23)c2[nH]cnc2n1. The minimum atomic E-state index is 0.676. The monoisotopic (exact) mass is 316 g/mol. The molecule has 0 bridgehead atoms. The fourth-order valence-electron chi connectivity index (χ4n) is 1.85. The lowest BCUT2D eigenvalue weighted by molar-refractivity contribution is 1.08. The van der Waals surface area contributed by atoms with Gasteiger partial charge in [-0.25, -0.2) is 29.9 Å². The van der Waals surface area contributed by atoms with Gasteiger partial charge in [-0.15, -0.1) is 0 Å². The Morgan fingerprint density at radius 3 is 1.76 bits per heavy atom. The second kappa shape index (κ2) is 5.30. The predicted octanol–water partition coefficient (Wildman–Crippen LogP) is 1.86. The molecular weight excluding hydrogens is 308 g/mol. The number of aromatic amines is 2. The van der Waals surface area contributed by atoms with E-state index in [-0.39, 0.29) is 0 Å². The number of nitrogens with zero attached hydrogens (tertiary/aromatic N) is 6. The second-order valence-electron chi connectivity index (χ2n) is 3.97. The van der Waals surface area contributed by atoms with Gasteiger partial charge in [0, 0.05) is 0 Å². The molecule has 0 fully saturated rings. The molecule has 0 saturated heterocycles. The first-order valence-corrected chi connectivity index (χ1v) is 7.92. The fourth-order valence-corrected chi connectivity index (χ4v) is 3.81. The van der Waals surface area contributed by atoms with Gasteiger partial charge in [-0.05, 0) is 0 Å². The Kier molecular flexibility index (Phi) is 3.16. The Morgan fingerprint density at radius 1 is 0.714 bits per heavy atom. The molecule has 0 amide bonds. The van der Waals surface area contributed by atoms with Crippen molar-refractivity contribution in [3.63, 3.8) is 0 Å². The number of H-pyrrole nitrogens is 2. The topological polar surface area (TPSA) is 109 Å². The Morgan fingerprint density at radius 2 is 1.24 bits per heavy atom. The summed E-state index contributed by atoms with van der Waals surface area (Å²) in [5, 5.41) is 2.51. The van der Waals surface area contributed by atoms with Crippen molar-refractivity contribution in [1.82, 2.24) is 39.9 Å². The van der Waals surface area contributed by atoms with Crippen LogP contribution in [0.4, 0.5) is 0 Å². The Hall–Kier alpha value is -2.20. The van der Waals surface area contributed by atoms with E-state index in [2.05, 4.69) is 39.9 Å². The molecule has 0 aliphatic heterocycles. The predicted molar refractivity (Wildman–Crippen MR) is 79.9 cm³/mol. The van der Waals surface area contributed by atoms with Gasteiger partial charge < -0.3 is 9.97 Å². The first kappa shape index (κ1) is 12.5. The van der Waals surface area contributed by atoms with Gasteiger partial charge in [0.15, 0.2) is 11.3 Å². The second-order valence-corrected chi connectivity index (χ2v) is 6.26. The molecular formula is C11H8N8S2. The van der Waals surface area contributed by atoms with Gasteiger partial charge in [0.25, 0.3) is 0 Å². The summed E-state index contributed by atoms with van der Waals surface area (Å²) in [6.45, 7) is 0. The highest BCUT2D eigenvalue weighted by atomic mass is 32.2. The van der Waals surface area contributed by atoms with Crippen LogP contribution in [0.5, 0.6) is 0 Å². The number of hydrogen-bond acceptors (Lipinski definition) is 8. The van der Waals surface area contributed by atoms with Crippen LogP contribution in [0.1, 0.15) is 0 Å². The molecule has 0 unspecified atom stereocenters. The minimum Gasteiger partial charge on any atom is -0.341 e. The van der Waals surface area contributed by atoms with Gasteiger partial charge in [0.2, 0.25) is 0 Å². The molecule has 0 atom stereocenters. The number of thioether (sulfide) groups is 2. The molecule has 4 rings (SSSR count). The maximum absolute atomic E-state index is 4.28. The first-order chi connectivity index (χ1) is 10.4. The maximum Gasteiger partial charge on any atom is 0.181 e. The van der Waals surface area contributed by atoms with Gasteiger partial charge in [-0.2, -0.15) is 0 Å². The molecule has 8 nitrogen and oxygen atoms in total. The van der Waals surface area contributed by atoms with Crippen LogP contribution in [0, 0.1) is 0 Å². The number of nitrogens with one attached hydrogen (secondary N) is 2. The van der Waals surface area contributed by atoms with E-state index in [0.29, 0.717) is 11.3 Å². The standard InChI is InChI=1S/C11H8N8S2/c1-12-6-8(14-1)16-3-18-10(6)20-5-21-11-7-9(15-2-13-7)17-4-19-11/h1-4H,5H2,(H,12,14,16,18)(H,13,15,17,19). The molecule has 0 spiro atoms. The molecule has 2 N–H and O–H groups in total. The molecule has 4 aromatic heterocycles. The van der Waals surface area contributed by atoms with Crippen molar-refractivity contribution in [3.05, 3.63) is 25.3 Å². The number of hydrogen-bond donors (Lipinski definition) is 2. The van der Waals surface area contributed by atoms with E-state index in [1.165, 1.54) is 12.7 Å². The molecule has 0 aromatic carbocycles. The lowest BCUT2D eigenvalue weighted by atomic mass is 10.6. The van der Waals surface area contributed by atoms with Crippen molar-refractivity contribution >= 4 is 45.9 Å². The molecule has 0 radical (unpaired) electrons. The summed E-state index contributed by atoms with van der Waals surface area (Å²) in [5.41, 5.74) is 3.07. The van der Waals surface area contributed by atoms with Crippen LogP contribution in [-0.2, 0) is 0 Å². The average Bonchev–Trinajstić information content (AvgIpc) is 3.16. The van der Waals surface area contributed by atoms with Gasteiger partial charge in [-0.3, -0.25) is 0 Å². The molecule has 21 heavy (non-hydrogen) atoms. The summed E-state index contributed by atoms with van der Waals surface area (Å²) in [4.78, 5) is 31.1. The van der Waals surface area contributed by atoms with Crippen LogP contribution >= 0.6 is 23.5 Å². The highest BCUT2D eigenvalue weighted by molar-refractivity contribution is 8.16. The molecule has 4 aromatic rings. The summed E-state index contributed by atoms with van der Waals surface area (Å²) in [6, 6.07) is 0. The van der Waals surface area contributed by atoms with Crippen molar-refractivity contribution in [2.24, 2.45) is 0 Å². The van der Waals surface area contributed by atoms with Crippen molar-refractivity contribution in [3.8, 4) is 0 Å². The van der Waals surface area contributed by atoms with Crippen LogP contribution in [0.3, 0.4) is 0 Å². The van der Waals surface area contributed by atoms with E-state index >= 15 is 0 Å². The van der Waals surface area contributed by atoms with Crippen molar-refractivity contribution in [2.75, 3.05) is 5.08 Å². The smallest absolute Gasteiger partial charge is 0.181 e. The van der Waals surface area contributed by atoms with Crippen LogP contribution in [0.25, 0.3) is 22.3 Å². The van der Waals surface area contributed by atoms with Crippen LogP contribution in [0.15, 0.2) is 35.4 Å². The van der Waals surface area contributed by atoms with Gasteiger partial charge in [0.1, 0.15) is 33.7 Å². The first-order valence-electron chi connectivity index (χ1n) is 5.95. The Bertz CT molecular complexity index is 827. The van der Waals surface area contributed by atoms with E-state index in [4.69, 9.17) is 0 Å². The molecule has 10 heteroatoms. The van der Waals surface area contributed by atoms with E-state index in [0.717, 1.165) is 26.2 Å². The lowest BCUT2D eigenvalue weighted by Crippen LogP contribution is -1.88. The van der Waals surface area contributed by atoms with Crippen LogP contribution < -0.4 is 0 Å². The third-order valence-corrected chi connectivity index (χ3v) is 4.88. The summed E-state index contributed by atoms with van der Waals surface area (Å²) in [6.07, 6.45) is 6.28. The largest absolute Gasteiger partial charge is 0.341 e. The van der Waals surface area contributed by atoms with Crippen molar-refractivity contribution < 1.29 is 0 Å². The molecule has 104 valence electrons. The van der Waals surface area contributed by atoms with Gasteiger partial charge in [0.05, 0.1) is 17.7 Å².